The van der Waals surface area contributed by atoms with Crippen LogP contribution in [-0.4, -0.2) is 45.7 Å². The van der Waals surface area contributed by atoms with E-state index < -0.39 is 17.5 Å². The molecule has 1 unspecified atom stereocenters. The summed E-state index contributed by atoms with van der Waals surface area (Å²) in [6, 6.07) is 0. The average molecular weight is 227 g/mol. The number of likely N-dealkylation sites (tertiary alicyclic amines) is 1. The van der Waals surface area contributed by atoms with E-state index in [0.717, 1.165) is 12.8 Å². The van der Waals surface area contributed by atoms with Crippen molar-refractivity contribution in [2.45, 2.75) is 37.7 Å². The van der Waals surface area contributed by atoms with Crippen LogP contribution in [0.3, 0.4) is 0 Å². The van der Waals surface area contributed by atoms with Crippen LogP contribution in [0.25, 0.3) is 0 Å². The minimum atomic E-state index is -0.922. The Balaban J connectivity index is 1.95. The van der Waals surface area contributed by atoms with Gasteiger partial charge in [0.2, 0.25) is 5.91 Å². The summed E-state index contributed by atoms with van der Waals surface area (Å²) >= 11 is 0. The molecular weight excluding hydrogens is 210 g/mol. The maximum absolute atomic E-state index is 11.6. The summed E-state index contributed by atoms with van der Waals surface area (Å²) in [5.74, 6) is -1.67. The van der Waals surface area contributed by atoms with Gasteiger partial charge in [-0.15, -0.1) is 0 Å². The van der Waals surface area contributed by atoms with Gasteiger partial charge in [-0.2, -0.15) is 0 Å². The summed E-state index contributed by atoms with van der Waals surface area (Å²) in [4.78, 5) is 23.8. The number of hydrogen-bond acceptors (Lipinski definition) is 3. The molecule has 1 aliphatic carbocycles. The van der Waals surface area contributed by atoms with Crippen LogP contribution in [0.1, 0.15) is 32.1 Å². The lowest BCUT2D eigenvalue weighted by Crippen LogP contribution is -2.42. The molecule has 1 amide bonds. The van der Waals surface area contributed by atoms with Crippen LogP contribution in [0.5, 0.6) is 0 Å². The first-order valence-electron chi connectivity index (χ1n) is 5.73. The van der Waals surface area contributed by atoms with Gasteiger partial charge in [0.15, 0.2) is 0 Å². The molecule has 0 spiro atoms. The van der Waals surface area contributed by atoms with Crippen LogP contribution in [0.15, 0.2) is 0 Å². The smallest absolute Gasteiger partial charge is 0.308 e. The summed E-state index contributed by atoms with van der Waals surface area (Å²) in [6.45, 7) is 0.548. The molecule has 0 aromatic carbocycles. The molecule has 0 aromatic heterocycles. The van der Waals surface area contributed by atoms with E-state index in [4.69, 9.17) is 5.11 Å². The zero-order chi connectivity index (χ0) is 11.8. The first-order valence-corrected chi connectivity index (χ1v) is 5.73. The summed E-state index contributed by atoms with van der Waals surface area (Å²) < 4.78 is 0. The molecule has 0 bridgehead atoms. The van der Waals surface area contributed by atoms with E-state index in [0.29, 0.717) is 19.4 Å². The van der Waals surface area contributed by atoms with Crippen molar-refractivity contribution in [2.24, 2.45) is 5.92 Å². The number of amides is 1. The van der Waals surface area contributed by atoms with Crippen LogP contribution >= 0.6 is 0 Å². The molecule has 16 heavy (non-hydrogen) atoms. The lowest BCUT2D eigenvalue weighted by atomic mass is 10.0. The summed E-state index contributed by atoms with van der Waals surface area (Å²) in [5.41, 5.74) is -0.775. The molecule has 1 saturated carbocycles. The SMILES string of the molecule is O=C(O)C1CC(=O)N(CC2(O)CCCC2)C1. The number of nitrogens with zero attached hydrogens (tertiary/aromatic N) is 1. The average Bonchev–Trinajstić information content (AvgIpc) is 2.75. The second kappa shape index (κ2) is 4.05. The van der Waals surface area contributed by atoms with Crippen LogP contribution < -0.4 is 0 Å². The molecule has 5 heteroatoms. The Morgan fingerprint density at radius 1 is 1.44 bits per heavy atom. The first-order chi connectivity index (χ1) is 7.50. The van der Waals surface area contributed by atoms with Gasteiger partial charge in [-0.1, -0.05) is 12.8 Å². The predicted molar refractivity (Wildman–Crippen MR) is 55.7 cm³/mol. The van der Waals surface area contributed by atoms with Crippen molar-refractivity contribution >= 4 is 11.9 Å². The molecule has 1 atom stereocenters. The van der Waals surface area contributed by atoms with Crippen molar-refractivity contribution in [3.8, 4) is 0 Å². The fourth-order valence-corrected chi connectivity index (χ4v) is 2.64. The van der Waals surface area contributed by atoms with Gasteiger partial charge in [0, 0.05) is 19.5 Å². The van der Waals surface area contributed by atoms with Crippen LogP contribution in [-0.2, 0) is 9.59 Å². The van der Waals surface area contributed by atoms with Crippen molar-refractivity contribution in [1.29, 1.82) is 0 Å². The Kier molecular flexibility index (Phi) is 2.88. The Morgan fingerprint density at radius 3 is 2.56 bits per heavy atom. The van der Waals surface area contributed by atoms with Crippen molar-refractivity contribution in [2.75, 3.05) is 13.1 Å². The highest BCUT2D eigenvalue weighted by atomic mass is 16.4. The largest absolute Gasteiger partial charge is 0.481 e. The lowest BCUT2D eigenvalue weighted by molar-refractivity contribution is -0.141. The quantitative estimate of drug-likeness (QED) is 0.723. The molecule has 2 N–H and O–H groups in total. The second-order valence-electron chi connectivity index (χ2n) is 4.94. The molecular formula is C11H17NO4. The number of carboxylic acid groups (broad SMARTS) is 1. The maximum Gasteiger partial charge on any atom is 0.308 e. The minimum absolute atomic E-state index is 0.0748. The molecule has 2 rings (SSSR count). The summed E-state index contributed by atoms with van der Waals surface area (Å²) in [7, 11) is 0. The Morgan fingerprint density at radius 2 is 2.06 bits per heavy atom. The predicted octanol–water partition coefficient (Wildman–Crippen LogP) is 0.225. The highest BCUT2D eigenvalue weighted by Crippen LogP contribution is 2.32. The van der Waals surface area contributed by atoms with Crippen molar-refractivity contribution in [3.05, 3.63) is 0 Å². The molecule has 0 aromatic rings. The van der Waals surface area contributed by atoms with Crippen molar-refractivity contribution in [1.82, 2.24) is 4.90 Å². The van der Waals surface area contributed by atoms with Crippen LogP contribution in [0, 0.1) is 5.92 Å². The standard InChI is InChI=1S/C11H17NO4/c13-9-5-8(10(14)15)6-12(9)7-11(16)3-1-2-4-11/h8,16H,1-7H2,(H,14,15). The zero-order valence-corrected chi connectivity index (χ0v) is 9.19. The summed E-state index contributed by atoms with van der Waals surface area (Å²) in [5, 5.41) is 19.0. The third kappa shape index (κ3) is 2.19. The zero-order valence-electron chi connectivity index (χ0n) is 9.19. The molecule has 1 heterocycles. The van der Waals surface area contributed by atoms with Gasteiger partial charge in [-0.05, 0) is 12.8 Å². The second-order valence-corrected chi connectivity index (χ2v) is 4.94. The number of carboxylic acids is 1. The van der Waals surface area contributed by atoms with Gasteiger partial charge in [0.05, 0.1) is 11.5 Å². The maximum atomic E-state index is 11.6. The number of aliphatic hydroxyl groups is 1. The van der Waals surface area contributed by atoms with Gasteiger partial charge in [0.25, 0.3) is 0 Å². The molecule has 2 fully saturated rings. The fourth-order valence-electron chi connectivity index (χ4n) is 2.64. The topological polar surface area (TPSA) is 77.8 Å². The highest BCUT2D eigenvalue weighted by molar-refractivity contribution is 5.86. The van der Waals surface area contributed by atoms with E-state index in [2.05, 4.69) is 0 Å². The van der Waals surface area contributed by atoms with Crippen molar-refractivity contribution in [3.63, 3.8) is 0 Å². The third-order valence-electron chi connectivity index (χ3n) is 3.58. The van der Waals surface area contributed by atoms with Gasteiger partial charge >= 0.3 is 5.97 Å². The fraction of sp³-hybridized carbons (Fsp3) is 0.818. The lowest BCUT2D eigenvalue weighted by Gasteiger charge is -2.28. The van der Waals surface area contributed by atoms with Gasteiger partial charge in [-0.3, -0.25) is 9.59 Å². The monoisotopic (exact) mass is 227 g/mol. The van der Waals surface area contributed by atoms with E-state index in [1.807, 2.05) is 0 Å². The number of β-amino-alcohol motifs (C(OH)–C–C–N with tert-alkyl or cyclic N) is 1. The summed E-state index contributed by atoms with van der Waals surface area (Å²) in [6.07, 6.45) is 3.48. The molecule has 1 saturated heterocycles. The van der Waals surface area contributed by atoms with Crippen LogP contribution in [0.4, 0.5) is 0 Å². The Bertz CT molecular complexity index is 309. The van der Waals surface area contributed by atoms with Gasteiger partial charge < -0.3 is 15.1 Å². The molecule has 5 nitrogen and oxygen atoms in total. The number of aliphatic carboxylic acids is 1. The van der Waals surface area contributed by atoms with E-state index in [1.54, 1.807) is 0 Å². The number of rotatable bonds is 3. The Labute approximate surface area is 94.0 Å². The number of carbonyl (C=O) groups is 2. The molecule has 90 valence electrons. The third-order valence-corrected chi connectivity index (χ3v) is 3.58. The Hall–Kier alpha value is -1.10. The van der Waals surface area contributed by atoms with Crippen LogP contribution in [0.2, 0.25) is 0 Å². The van der Waals surface area contributed by atoms with Gasteiger partial charge in [-0.25, -0.2) is 0 Å². The first kappa shape index (κ1) is 11.4. The highest BCUT2D eigenvalue weighted by Gasteiger charge is 2.40. The van der Waals surface area contributed by atoms with E-state index in [1.165, 1.54) is 4.90 Å². The van der Waals surface area contributed by atoms with E-state index >= 15 is 0 Å². The normalized spacial score (nSPS) is 28.7. The molecule has 1 aliphatic heterocycles. The molecule has 2 aliphatic rings. The van der Waals surface area contributed by atoms with Crippen molar-refractivity contribution < 1.29 is 19.8 Å². The number of carbonyl (C=O) groups excluding carboxylic acids is 1. The van der Waals surface area contributed by atoms with E-state index in [-0.39, 0.29) is 18.9 Å². The van der Waals surface area contributed by atoms with Gasteiger partial charge in [0.1, 0.15) is 0 Å². The molecule has 0 radical (unpaired) electrons. The number of hydrogen-bond donors (Lipinski definition) is 2. The van der Waals surface area contributed by atoms with E-state index in [9.17, 15) is 14.7 Å². The minimum Gasteiger partial charge on any atom is -0.481 e.